The van der Waals surface area contributed by atoms with E-state index in [1.54, 1.807) is 0 Å². The van der Waals surface area contributed by atoms with E-state index in [2.05, 4.69) is 27.7 Å². The van der Waals surface area contributed by atoms with Gasteiger partial charge in [0.25, 0.3) is 0 Å². The zero-order chi connectivity index (χ0) is 19.4. The van der Waals surface area contributed by atoms with E-state index in [1.807, 2.05) is 0 Å². The van der Waals surface area contributed by atoms with Crippen molar-refractivity contribution in [1.82, 2.24) is 0 Å². The molecule has 26 heavy (non-hydrogen) atoms. The Bertz CT molecular complexity index is 365. The molecule has 0 saturated heterocycles. The van der Waals surface area contributed by atoms with Crippen molar-refractivity contribution in [1.29, 1.82) is 0 Å². The Balaban J connectivity index is 2.33. The van der Waals surface area contributed by atoms with Gasteiger partial charge in [0.05, 0.1) is 25.0 Å². The van der Waals surface area contributed by atoms with Gasteiger partial charge in [-0.15, -0.1) is 0 Å². The van der Waals surface area contributed by atoms with E-state index >= 15 is 0 Å². The minimum absolute atomic E-state index is 0.198. The second-order valence-corrected chi connectivity index (χ2v) is 8.61. The molecular formula is C22H40O4. The fraction of sp³-hybridized carbons (Fsp3) is 0.909. The summed E-state index contributed by atoms with van der Waals surface area (Å²) in [6, 6.07) is 0. The lowest BCUT2D eigenvalue weighted by Crippen LogP contribution is -2.35. The molecule has 0 heterocycles. The van der Waals surface area contributed by atoms with Crippen LogP contribution in [0.15, 0.2) is 0 Å². The minimum Gasteiger partial charge on any atom is -0.465 e. The van der Waals surface area contributed by atoms with E-state index in [4.69, 9.17) is 9.47 Å². The highest BCUT2D eigenvalue weighted by Gasteiger charge is 2.37. The Kier molecular flexibility index (Phi) is 11.6. The van der Waals surface area contributed by atoms with Crippen LogP contribution in [-0.2, 0) is 19.1 Å². The van der Waals surface area contributed by atoms with Crippen molar-refractivity contribution in [2.45, 2.75) is 91.9 Å². The molecule has 0 radical (unpaired) electrons. The molecule has 2 unspecified atom stereocenters. The number of unbranched alkanes of at least 4 members (excludes halogenated alkanes) is 2. The quantitative estimate of drug-likeness (QED) is 0.335. The van der Waals surface area contributed by atoms with Gasteiger partial charge in [-0.05, 0) is 50.4 Å². The fourth-order valence-electron chi connectivity index (χ4n) is 3.56. The monoisotopic (exact) mass is 368 g/mol. The van der Waals surface area contributed by atoms with Crippen LogP contribution in [0.5, 0.6) is 0 Å². The van der Waals surface area contributed by atoms with Crippen LogP contribution in [0.1, 0.15) is 91.9 Å². The van der Waals surface area contributed by atoms with Crippen LogP contribution in [0.25, 0.3) is 0 Å². The maximum Gasteiger partial charge on any atom is 0.309 e. The molecule has 0 amide bonds. The lowest BCUT2D eigenvalue weighted by atomic mass is 9.79. The Morgan fingerprint density at radius 2 is 1.12 bits per heavy atom. The summed E-state index contributed by atoms with van der Waals surface area (Å²) in [5.41, 5.74) is 0. The highest BCUT2D eigenvalue weighted by atomic mass is 16.5. The zero-order valence-electron chi connectivity index (χ0n) is 17.4. The summed E-state index contributed by atoms with van der Waals surface area (Å²) in [5.74, 6) is 0.355. The van der Waals surface area contributed by atoms with Crippen LogP contribution < -0.4 is 0 Å². The first-order valence-corrected chi connectivity index (χ1v) is 10.7. The SMILES string of the molecule is CC(C)CCCCOC(=O)C1CCCCC1C(=O)OCCCCC(C)C. The summed E-state index contributed by atoms with van der Waals surface area (Å²) in [6.45, 7) is 9.75. The molecule has 4 nitrogen and oxygen atoms in total. The van der Waals surface area contributed by atoms with Crippen LogP contribution in [0.2, 0.25) is 0 Å². The maximum atomic E-state index is 12.4. The molecule has 0 spiro atoms. The van der Waals surface area contributed by atoms with Crippen molar-refractivity contribution in [3.05, 3.63) is 0 Å². The molecule has 2 atom stereocenters. The molecule has 0 N–H and O–H groups in total. The Hall–Kier alpha value is -1.06. The van der Waals surface area contributed by atoms with Crippen molar-refractivity contribution >= 4 is 11.9 Å². The third-order valence-electron chi connectivity index (χ3n) is 5.21. The van der Waals surface area contributed by atoms with Crippen LogP contribution in [0.3, 0.4) is 0 Å². The first-order chi connectivity index (χ1) is 12.4. The third-order valence-corrected chi connectivity index (χ3v) is 5.21. The largest absolute Gasteiger partial charge is 0.465 e. The second-order valence-electron chi connectivity index (χ2n) is 8.61. The first-order valence-electron chi connectivity index (χ1n) is 10.7. The number of hydrogen-bond donors (Lipinski definition) is 0. The van der Waals surface area contributed by atoms with Crippen molar-refractivity contribution in [2.75, 3.05) is 13.2 Å². The number of carbonyl (C=O) groups is 2. The van der Waals surface area contributed by atoms with E-state index in [-0.39, 0.29) is 23.8 Å². The zero-order valence-corrected chi connectivity index (χ0v) is 17.4. The summed E-state index contributed by atoms with van der Waals surface area (Å²) in [4.78, 5) is 24.9. The lowest BCUT2D eigenvalue weighted by molar-refractivity contribution is -0.163. The molecule has 0 aromatic rings. The van der Waals surface area contributed by atoms with E-state index in [0.717, 1.165) is 64.2 Å². The van der Waals surface area contributed by atoms with Gasteiger partial charge in [0.15, 0.2) is 0 Å². The van der Waals surface area contributed by atoms with Crippen molar-refractivity contribution in [3.8, 4) is 0 Å². The van der Waals surface area contributed by atoms with Gasteiger partial charge in [-0.1, -0.05) is 53.4 Å². The van der Waals surface area contributed by atoms with Crippen LogP contribution in [0, 0.1) is 23.7 Å². The molecule has 1 rings (SSSR count). The highest BCUT2D eigenvalue weighted by molar-refractivity contribution is 5.82. The van der Waals surface area contributed by atoms with Gasteiger partial charge in [-0.3, -0.25) is 9.59 Å². The van der Waals surface area contributed by atoms with Gasteiger partial charge in [0, 0.05) is 0 Å². The van der Waals surface area contributed by atoms with Gasteiger partial charge < -0.3 is 9.47 Å². The van der Waals surface area contributed by atoms with E-state index < -0.39 is 0 Å². The molecule has 1 fully saturated rings. The Morgan fingerprint density at radius 3 is 1.46 bits per heavy atom. The smallest absolute Gasteiger partial charge is 0.309 e. The molecular weight excluding hydrogens is 328 g/mol. The van der Waals surface area contributed by atoms with E-state index in [1.165, 1.54) is 0 Å². The Morgan fingerprint density at radius 1 is 0.731 bits per heavy atom. The Labute approximate surface area is 160 Å². The van der Waals surface area contributed by atoms with Gasteiger partial charge in [0.2, 0.25) is 0 Å². The minimum atomic E-state index is -0.308. The van der Waals surface area contributed by atoms with Gasteiger partial charge in [-0.25, -0.2) is 0 Å². The molecule has 152 valence electrons. The van der Waals surface area contributed by atoms with Gasteiger partial charge in [0.1, 0.15) is 0 Å². The average molecular weight is 369 g/mol. The number of carbonyl (C=O) groups excluding carboxylic acids is 2. The summed E-state index contributed by atoms with van der Waals surface area (Å²) in [6.07, 6.45) is 9.77. The number of hydrogen-bond acceptors (Lipinski definition) is 4. The molecule has 1 aliphatic carbocycles. The summed E-state index contributed by atoms with van der Waals surface area (Å²) >= 11 is 0. The highest BCUT2D eigenvalue weighted by Crippen LogP contribution is 2.32. The molecule has 0 aromatic heterocycles. The average Bonchev–Trinajstić information content (AvgIpc) is 2.60. The van der Waals surface area contributed by atoms with Crippen molar-refractivity contribution in [2.24, 2.45) is 23.7 Å². The van der Waals surface area contributed by atoms with Crippen LogP contribution >= 0.6 is 0 Å². The third kappa shape index (κ3) is 9.59. The molecule has 0 bridgehead atoms. The van der Waals surface area contributed by atoms with Gasteiger partial charge >= 0.3 is 11.9 Å². The summed E-state index contributed by atoms with van der Waals surface area (Å²) < 4.78 is 10.9. The molecule has 4 heteroatoms. The number of ether oxygens (including phenoxy) is 2. The maximum absolute atomic E-state index is 12.4. The second kappa shape index (κ2) is 13.2. The predicted octanol–water partition coefficient (Wildman–Crippen LogP) is 5.53. The predicted molar refractivity (Wildman–Crippen MR) is 105 cm³/mol. The molecule has 1 saturated carbocycles. The summed E-state index contributed by atoms with van der Waals surface area (Å²) in [7, 11) is 0. The van der Waals surface area contributed by atoms with Crippen molar-refractivity contribution in [3.63, 3.8) is 0 Å². The lowest BCUT2D eigenvalue weighted by Gasteiger charge is -2.28. The topological polar surface area (TPSA) is 52.6 Å². The normalized spacial score (nSPS) is 20.4. The van der Waals surface area contributed by atoms with Crippen LogP contribution in [-0.4, -0.2) is 25.2 Å². The molecule has 1 aliphatic rings. The number of rotatable bonds is 12. The van der Waals surface area contributed by atoms with Crippen molar-refractivity contribution < 1.29 is 19.1 Å². The van der Waals surface area contributed by atoms with Gasteiger partial charge in [-0.2, -0.15) is 0 Å². The van der Waals surface area contributed by atoms with Crippen LogP contribution in [0.4, 0.5) is 0 Å². The van der Waals surface area contributed by atoms with E-state index in [9.17, 15) is 9.59 Å². The van der Waals surface area contributed by atoms with E-state index in [0.29, 0.717) is 25.0 Å². The molecule has 0 aliphatic heterocycles. The molecule has 0 aromatic carbocycles. The standard InChI is InChI=1S/C22H40O4/c1-17(2)11-7-9-15-25-21(23)19-13-5-6-14-20(19)22(24)26-16-10-8-12-18(3)4/h17-20H,5-16H2,1-4H3. The number of esters is 2. The first kappa shape index (κ1) is 23.0. The fourth-order valence-corrected chi connectivity index (χ4v) is 3.56. The summed E-state index contributed by atoms with van der Waals surface area (Å²) in [5, 5.41) is 0.